The van der Waals surface area contributed by atoms with E-state index in [0.717, 1.165) is 0 Å². The van der Waals surface area contributed by atoms with Crippen LogP contribution in [0.5, 0.6) is 0 Å². The predicted molar refractivity (Wildman–Crippen MR) is 69.2 cm³/mol. The van der Waals surface area contributed by atoms with E-state index in [4.69, 9.17) is 16.3 Å². The molecule has 0 spiro atoms. The summed E-state index contributed by atoms with van der Waals surface area (Å²) in [4.78, 5) is 11.8. The van der Waals surface area contributed by atoms with Crippen LogP contribution in [0.15, 0.2) is 24.3 Å². The summed E-state index contributed by atoms with van der Waals surface area (Å²) in [6.45, 7) is 7.83. The molecule has 1 rings (SSSR count). The van der Waals surface area contributed by atoms with Gasteiger partial charge in [0, 0.05) is 10.6 Å². The van der Waals surface area contributed by atoms with Crippen molar-refractivity contribution < 1.29 is 9.53 Å². The highest BCUT2D eigenvalue weighted by Crippen LogP contribution is 2.12. The maximum absolute atomic E-state index is 11.8. The molecule has 1 unspecified atom stereocenters. The van der Waals surface area contributed by atoms with E-state index in [1.807, 2.05) is 20.8 Å². The van der Waals surface area contributed by atoms with E-state index in [-0.39, 0.29) is 17.7 Å². The molecule has 0 amide bonds. The summed E-state index contributed by atoms with van der Waals surface area (Å²) in [7, 11) is 0. The van der Waals surface area contributed by atoms with E-state index in [1.165, 1.54) is 0 Å². The van der Waals surface area contributed by atoms with Crippen LogP contribution >= 0.6 is 11.6 Å². The molecule has 1 aromatic carbocycles. The lowest BCUT2D eigenvalue weighted by atomic mass is 10.1. The van der Waals surface area contributed by atoms with Crippen molar-refractivity contribution in [3.05, 3.63) is 34.9 Å². The fourth-order valence-corrected chi connectivity index (χ4v) is 1.67. The van der Waals surface area contributed by atoms with Crippen LogP contribution in [0.4, 0.5) is 0 Å². The summed E-state index contributed by atoms with van der Waals surface area (Å²) >= 11 is 5.81. The zero-order chi connectivity index (χ0) is 13.1. The number of hydrogen-bond acceptors (Lipinski definition) is 3. The minimum absolute atomic E-state index is 0.103. The third-order valence-electron chi connectivity index (χ3n) is 1.98. The molecule has 0 radical (unpaired) electrons. The molecule has 17 heavy (non-hydrogen) atoms. The lowest BCUT2D eigenvalue weighted by molar-refractivity contribution is 0.0201. The lowest BCUT2D eigenvalue weighted by Crippen LogP contribution is -2.44. The first-order valence-corrected chi connectivity index (χ1v) is 5.90. The van der Waals surface area contributed by atoms with Gasteiger partial charge < -0.3 is 4.74 Å². The quantitative estimate of drug-likeness (QED) is 0.666. The highest BCUT2D eigenvalue weighted by molar-refractivity contribution is 6.30. The maximum atomic E-state index is 11.8. The number of benzene rings is 1. The molecular weight excluding hydrogens is 238 g/mol. The predicted octanol–water partition coefficient (Wildman–Crippen LogP) is 3.23. The van der Waals surface area contributed by atoms with Crippen molar-refractivity contribution in [2.24, 2.45) is 0 Å². The zero-order valence-corrected chi connectivity index (χ0v) is 11.3. The van der Waals surface area contributed by atoms with E-state index in [0.29, 0.717) is 10.6 Å². The van der Waals surface area contributed by atoms with Gasteiger partial charge in [-0.2, -0.15) is 0 Å². The van der Waals surface area contributed by atoms with Gasteiger partial charge in [-0.25, -0.2) is 4.79 Å². The Balaban J connectivity index is 2.61. The molecular formula is C13H18ClNO2. The van der Waals surface area contributed by atoms with Crippen LogP contribution in [0.25, 0.3) is 0 Å². The number of hydrogen-bond donors (Lipinski definition) is 1. The molecule has 0 aliphatic rings. The van der Waals surface area contributed by atoms with Gasteiger partial charge in [0.05, 0.1) is 5.56 Å². The van der Waals surface area contributed by atoms with Crippen LogP contribution in [-0.4, -0.2) is 17.7 Å². The Hall–Kier alpha value is -1.06. The Bertz CT molecular complexity index is 399. The Morgan fingerprint density at radius 2 is 2.06 bits per heavy atom. The van der Waals surface area contributed by atoms with Crippen molar-refractivity contribution >= 4 is 17.6 Å². The van der Waals surface area contributed by atoms with E-state index in [1.54, 1.807) is 31.2 Å². The Morgan fingerprint density at radius 1 is 1.41 bits per heavy atom. The number of rotatable bonds is 3. The zero-order valence-electron chi connectivity index (χ0n) is 10.6. The molecule has 0 aliphatic carbocycles. The van der Waals surface area contributed by atoms with Crippen LogP contribution in [-0.2, 0) is 4.74 Å². The van der Waals surface area contributed by atoms with Gasteiger partial charge in [0.25, 0.3) is 0 Å². The molecule has 1 aromatic rings. The molecule has 3 nitrogen and oxygen atoms in total. The van der Waals surface area contributed by atoms with Crippen LogP contribution in [0.2, 0.25) is 5.02 Å². The van der Waals surface area contributed by atoms with Crippen molar-refractivity contribution in [3.63, 3.8) is 0 Å². The molecule has 0 saturated heterocycles. The number of ether oxygens (including phenoxy) is 1. The van der Waals surface area contributed by atoms with Gasteiger partial charge in [-0.1, -0.05) is 17.7 Å². The minimum atomic E-state index is -0.378. The minimum Gasteiger partial charge on any atom is -0.443 e. The third-order valence-corrected chi connectivity index (χ3v) is 2.22. The summed E-state index contributed by atoms with van der Waals surface area (Å²) in [5.41, 5.74) is 0.355. The molecule has 94 valence electrons. The molecule has 0 saturated carbocycles. The van der Waals surface area contributed by atoms with Crippen molar-refractivity contribution in [3.8, 4) is 0 Å². The topological polar surface area (TPSA) is 38.3 Å². The van der Waals surface area contributed by atoms with E-state index in [2.05, 4.69) is 5.32 Å². The van der Waals surface area contributed by atoms with Gasteiger partial charge in [0.15, 0.2) is 6.23 Å². The molecule has 0 fully saturated rings. The number of halogens is 1. The first-order chi connectivity index (χ1) is 7.78. The van der Waals surface area contributed by atoms with Crippen LogP contribution in [0.1, 0.15) is 38.1 Å². The third kappa shape index (κ3) is 5.20. The van der Waals surface area contributed by atoms with Crippen LogP contribution < -0.4 is 5.32 Å². The largest absolute Gasteiger partial charge is 0.443 e. The number of carbonyl (C=O) groups excluding carboxylic acids is 1. The van der Waals surface area contributed by atoms with Crippen LogP contribution in [0, 0.1) is 0 Å². The van der Waals surface area contributed by atoms with Gasteiger partial charge in [0.1, 0.15) is 0 Å². The first kappa shape index (κ1) is 14.0. The van der Waals surface area contributed by atoms with Gasteiger partial charge in [0.2, 0.25) is 0 Å². The SMILES string of the molecule is CC(NC(C)(C)C)OC(=O)c1cccc(Cl)c1. The summed E-state index contributed by atoms with van der Waals surface area (Å²) < 4.78 is 5.26. The molecule has 0 bridgehead atoms. The summed E-state index contributed by atoms with van der Waals surface area (Å²) in [6.07, 6.45) is -0.346. The second-order valence-corrected chi connectivity index (χ2v) is 5.39. The van der Waals surface area contributed by atoms with Crippen molar-refractivity contribution in [2.45, 2.75) is 39.5 Å². The average molecular weight is 256 g/mol. The fourth-order valence-electron chi connectivity index (χ4n) is 1.48. The van der Waals surface area contributed by atoms with Crippen molar-refractivity contribution in [1.82, 2.24) is 5.32 Å². The Morgan fingerprint density at radius 3 is 2.59 bits per heavy atom. The molecule has 1 atom stereocenters. The summed E-state index contributed by atoms with van der Waals surface area (Å²) in [5.74, 6) is -0.378. The van der Waals surface area contributed by atoms with E-state index >= 15 is 0 Å². The fraction of sp³-hybridized carbons (Fsp3) is 0.462. The maximum Gasteiger partial charge on any atom is 0.339 e. The summed E-state index contributed by atoms with van der Waals surface area (Å²) in [5, 5.41) is 3.68. The van der Waals surface area contributed by atoms with Crippen molar-refractivity contribution in [1.29, 1.82) is 0 Å². The second-order valence-electron chi connectivity index (χ2n) is 4.95. The van der Waals surface area contributed by atoms with Gasteiger partial charge in [-0.3, -0.25) is 5.32 Å². The Kier molecular flexibility index (Phi) is 4.54. The standard InChI is InChI=1S/C13H18ClNO2/c1-9(15-13(2,3)4)17-12(16)10-6-5-7-11(14)8-10/h5-9,15H,1-4H3. The molecule has 0 aromatic heterocycles. The van der Waals surface area contributed by atoms with Crippen molar-refractivity contribution in [2.75, 3.05) is 0 Å². The van der Waals surface area contributed by atoms with Gasteiger partial charge in [-0.05, 0) is 45.9 Å². The number of esters is 1. The highest BCUT2D eigenvalue weighted by Gasteiger charge is 2.17. The van der Waals surface area contributed by atoms with E-state index < -0.39 is 0 Å². The normalized spacial score (nSPS) is 13.2. The Labute approximate surface area is 107 Å². The second kappa shape index (κ2) is 5.52. The molecule has 0 aliphatic heterocycles. The average Bonchev–Trinajstić information content (AvgIpc) is 2.14. The monoisotopic (exact) mass is 255 g/mol. The van der Waals surface area contributed by atoms with E-state index in [9.17, 15) is 4.79 Å². The van der Waals surface area contributed by atoms with Gasteiger partial charge in [-0.15, -0.1) is 0 Å². The molecule has 0 heterocycles. The smallest absolute Gasteiger partial charge is 0.339 e. The number of carbonyl (C=O) groups is 1. The highest BCUT2D eigenvalue weighted by atomic mass is 35.5. The molecule has 1 N–H and O–H groups in total. The number of nitrogens with one attached hydrogen (secondary N) is 1. The summed E-state index contributed by atoms with van der Waals surface area (Å²) in [6, 6.07) is 6.71. The van der Waals surface area contributed by atoms with Crippen LogP contribution in [0.3, 0.4) is 0 Å². The lowest BCUT2D eigenvalue weighted by Gasteiger charge is -2.25. The first-order valence-electron chi connectivity index (χ1n) is 5.52. The molecule has 4 heteroatoms. The van der Waals surface area contributed by atoms with Gasteiger partial charge >= 0.3 is 5.97 Å².